The Kier molecular flexibility index (Phi) is 4.94. The predicted octanol–water partition coefficient (Wildman–Crippen LogP) is 2.53. The van der Waals surface area contributed by atoms with Crippen molar-refractivity contribution in [2.24, 2.45) is 0 Å². The summed E-state index contributed by atoms with van der Waals surface area (Å²) in [6.07, 6.45) is 1.28. The van der Waals surface area contributed by atoms with Crippen molar-refractivity contribution < 1.29 is 22.7 Å². The van der Waals surface area contributed by atoms with Crippen LogP contribution in [0, 0.1) is 0 Å². The Balaban J connectivity index is 1.45. The fourth-order valence-electron chi connectivity index (χ4n) is 3.36. The first-order valence-corrected chi connectivity index (χ1v) is 11.1. The Hall–Kier alpha value is -1.94. The van der Waals surface area contributed by atoms with E-state index in [4.69, 9.17) is 9.47 Å². The molecular formula is C18H20N2O5S2. The van der Waals surface area contributed by atoms with Crippen LogP contribution in [0.5, 0.6) is 0 Å². The van der Waals surface area contributed by atoms with Gasteiger partial charge in [-0.05, 0) is 29.6 Å². The molecule has 1 spiro atoms. The van der Waals surface area contributed by atoms with E-state index in [0.717, 1.165) is 11.3 Å². The number of hydrogen-bond donors (Lipinski definition) is 1. The van der Waals surface area contributed by atoms with E-state index in [-0.39, 0.29) is 10.1 Å². The van der Waals surface area contributed by atoms with Gasteiger partial charge in [-0.1, -0.05) is 12.1 Å². The maximum absolute atomic E-state index is 12.8. The number of nitrogens with one attached hydrogen (secondary N) is 1. The van der Waals surface area contributed by atoms with Gasteiger partial charge < -0.3 is 14.4 Å². The number of nitrogens with zero attached hydrogens (tertiary/aromatic N) is 1. The summed E-state index contributed by atoms with van der Waals surface area (Å²) in [7, 11) is -3.64. The molecule has 2 aromatic rings. The van der Waals surface area contributed by atoms with Gasteiger partial charge in [0.15, 0.2) is 5.79 Å². The number of ether oxygens (including phenoxy) is 2. The number of amides is 1. The molecule has 27 heavy (non-hydrogen) atoms. The Morgan fingerprint density at radius 2 is 1.85 bits per heavy atom. The maximum atomic E-state index is 12.8. The summed E-state index contributed by atoms with van der Waals surface area (Å²) >= 11 is 1.14. The fourth-order valence-corrected chi connectivity index (χ4v) is 5.40. The maximum Gasteiger partial charge on any atom is 0.271 e. The van der Waals surface area contributed by atoms with E-state index in [1.165, 1.54) is 0 Å². The minimum atomic E-state index is -3.64. The molecule has 0 aliphatic carbocycles. The third-order valence-corrected chi connectivity index (χ3v) is 7.53. The Morgan fingerprint density at radius 3 is 2.52 bits per heavy atom. The van der Waals surface area contributed by atoms with E-state index < -0.39 is 15.8 Å². The van der Waals surface area contributed by atoms with Crippen molar-refractivity contribution in [3.05, 3.63) is 47.3 Å². The van der Waals surface area contributed by atoms with Gasteiger partial charge in [0.25, 0.3) is 15.9 Å². The van der Waals surface area contributed by atoms with Crippen LogP contribution in [0.15, 0.2) is 46.0 Å². The number of hydrogen-bond acceptors (Lipinski definition) is 6. The normalized spacial score (nSPS) is 19.3. The highest BCUT2D eigenvalue weighted by Gasteiger charge is 2.40. The highest BCUT2D eigenvalue weighted by molar-refractivity contribution is 7.94. The van der Waals surface area contributed by atoms with Gasteiger partial charge in [0.1, 0.15) is 4.21 Å². The van der Waals surface area contributed by atoms with Crippen molar-refractivity contribution >= 4 is 33.0 Å². The molecule has 4 rings (SSSR count). The lowest BCUT2D eigenvalue weighted by Gasteiger charge is -2.37. The molecule has 1 N–H and O–H groups in total. The average Bonchev–Trinajstić information content (AvgIpc) is 3.35. The van der Waals surface area contributed by atoms with E-state index in [1.807, 2.05) is 0 Å². The van der Waals surface area contributed by atoms with Crippen molar-refractivity contribution in [3.63, 3.8) is 0 Å². The summed E-state index contributed by atoms with van der Waals surface area (Å²) in [6, 6.07) is 9.79. The van der Waals surface area contributed by atoms with E-state index in [9.17, 15) is 13.2 Å². The molecule has 2 saturated heterocycles. The second kappa shape index (κ2) is 7.23. The first kappa shape index (κ1) is 18.4. The molecule has 2 aliphatic rings. The molecule has 9 heteroatoms. The minimum absolute atomic E-state index is 0.125. The molecule has 0 unspecified atom stereocenters. The van der Waals surface area contributed by atoms with Gasteiger partial charge in [0, 0.05) is 37.2 Å². The zero-order chi connectivity index (χ0) is 18.9. The van der Waals surface area contributed by atoms with Gasteiger partial charge in [-0.2, -0.15) is 0 Å². The summed E-state index contributed by atoms with van der Waals surface area (Å²) in [5, 5.41) is 1.70. The number of likely N-dealkylation sites (tertiary alicyclic amines) is 1. The first-order chi connectivity index (χ1) is 13.0. The van der Waals surface area contributed by atoms with E-state index in [1.54, 1.807) is 46.7 Å². The van der Waals surface area contributed by atoms with Gasteiger partial charge in [0.05, 0.1) is 13.2 Å². The average molecular weight is 409 g/mol. The van der Waals surface area contributed by atoms with Gasteiger partial charge >= 0.3 is 0 Å². The molecule has 2 aliphatic heterocycles. The highest BCUT2D eigenvalue weighted by atomic mass is 32.2. The molecule has 0 saturated carbocycles. The lowest BCUT2D eigenvalue weighted by Crippen LogP contribution is -2.47. The number of thiophene rings is 1. The van der Waals surface area contributed by atoms with Gasteiger partial charge in [-0.3, -0.25) is 9.52 Å². The SMILES string of the molecule is O=C(c1cccc(NS(=O)(=O)c2cccs2)c1)N1CCC2(CC1)OCCO2. The van der Waals surface area contributed by atoms with Crippen molar-refractivity contribution in [3.8, 4) is 0 Å². The van der Waals surface area contributed by atoms with E-state index in [2.05, 4.69) is 4.72 Å². The summed E-state index contributed by atoms with van der Waals surface area (Å²) < 4.78 is 38.9. The predicted molar refractivity (Wildman–Crippen MR) is 101 cm³/mol. The monoisotopic (exact) mass is 408 g/mol. The van der Waals surface area contributed by atoms with Crippen molar-refractivity contribution in [1.82, 2.24) is 4.90 Å². The molecule has 1 aromatic carbocycles. The van der Waals surface area contributed by atoms with Crippen molar-refractivity contribution in [2.75, 3.05) is 31.0 Å². The van der Waals surface area contributed by atoms with Crippen LogP contribution in [-0.2, 0) is 19.5 Å². The molecule has 7 nitrogen and oxygen atoms in total. The molecule has 0 bridgehead atoms. The van der Waals surface area contributed by atoms with E-state index in [0.29, 0.717) is 50.4 Å². The zero-order valence-corrected chi connectivity index (χ0v) is 16.2. The standard InChI is InChI=1S/C18H20N2O5S2/c21-17(20-8-6-18(7-9-20)24-10-11-25-18)14-3-1-4-15(13-14)19-27(22,23)16-5-2-12-26-16/h1-5,12-13,19H,6-11H2. The number of sulfonamides is 1. The number of rotatable bonds is 4. The molecule has 1 aromatic heterocycles. The topological polar surface area (TPSA) is 84.9 Å². The lowest BCUT2D eigenvalue weighted by molar-refractivity contribution is -0.181. The number of carbonyl (C=O) groups is 1. The second-order valence-corrected chi connectivity index (χ2v) is 9.38. The molecule has 0 atom stereocenters. The Labute approximate surface area is 161 Å². The smallest absolute Gasteiger partial charge is 0.271 e. The van der Waals surface area contributed by atoms with Crippen LogP contribution >= 0.6 is 11.3 Å². The minimum Gasteiger partial charge on any atom is -0.347 e. The lowest BCUT2D eigenvalue weighted by atomic mass is 10.0. The fraction of sp³-hybridized carbons (Fsp3) is 0.389. The first-order valence-electron chi connectivity index (χ1n) is 8.71. The third kappa shape index (κ3) is 3.86. The molecule has 2 fully saturated rings. The van der Waals surface area contributed by atoms with Crippen molar-refractivity contribution in [2.45, 2.75) is 22.8 Å². The highest BCUT2D eigenvalue weighted by Crippen LogP contribution is 2.32. The summed E-state index contributed by atoms with van der Waals surface area (Å²) in [5.74, 6) is -0.658. The van der Waals surface area contributed by atoms with Crippen LogP contribution in [0.2, 0.25) is 0 Å². The van der Waals surface area contributed by atoms with Gasteiger partial charge in [-0.15, -0.1) is 11.3 Å². The zero-order valence-electron chi connectivity index (χ0n) is 14.6. The van der Waals surface area contributed by atoms with Crippen LogP contribution in [0.25, 0.3) is 0 Å². The van der Waals surface area contributed by atoms with Gasteiger partial charge in [0.2, 0.25) is 0 Å². The van der Waals surface area contributed by atoms with Crippen LogP contribution in [0.4, 0.5) is 5.69 Å². The Bertz CT molecular complexity index is 911. The largest absolute Gasteiger partial charge is 0.347 e. The number of benzene rings is 1. The Morgan fingerprint density at radius 1 is 1.11 bits per heavy atom. The molecule has 1 amide bonds. The number of anilines is 1. The molecular weight excluding hydrogens is 388 g/mol. The number of carbonyl (C=O) groups excluding carboxylic acids is 1. The van der Waals surface area contributed by atoms with Crippen molar-refractivity contribution in [1.29, 1.82) is 0 Å². The van der Waals surface area contributed by atoms with Crippen LogP contribution < -0.4 is 4.72 Å². The third-order valence-electron chi connectivity index (χ3n) is 4.75. The molecule has 144 valence electrons. The van der Waals surface area contributed by atoms with E-state index >= 15 is 0 Å². The number of piperidine rings is 1. The quantitative estimate of drug-likeness (QED) is 0.840. The summed E-state index contributed by atoms with van der Waals surface area (Å²) in [5.41, 5.74) is 0.816. The van der Waals surface area contributed by atoms with Crippen LogP contribution in [0.1, 0.15) is 23.2 Å². The summed E-state index contributed by atoms with van der Waals surface area (Å²) in [6.45, 7) is 2.29. The van der Waals surface area contributed by atoms with Crippen LogP contribution in [-0.4, -0.2) is 51.3 Å². The van der Waals surface area contributed by atoms with Crippen LogP contribution in [0.3, 0.4) is 0 Å². The summed E-state index contributed by atoms with van der Waals surface area (Å²) in [4.78, 5) is 14.6. The molecule has 3 heterocycles. The second-order valence-electron chi connectivity index (χ2n) is 6.52. The van der Waals surface area contributed by atoms with Gasteiger partial charge in [-0.25, -0.2) is 8.42 Å². The molecule has 0 radical (unpaired) electrons.